The van der Waals surface area contributed by atoms with Crippen molar-refractivity contribution in [2.24, 2.45) is 5.92 Å². The predicted molar refractivity (Wildman–Crippen MR) is 86.9 cm³/mol. The zero-order valence-corrected chi connectivity index (χ0v) is 13.1. The standard InChI is InChI=1S/C19H22FNO/c1-14(2)12-18(15-8-4-3-5-9-15)21-19(22)13-16-10-6-7-11-17(16)20/h3-11,14,18H,12-13H2,1-2H3,(H,21,22)/t18-/m0/s1. The van der Waals surface area contributed by atoms with Crippen molar-refractivity contribution in [2.45, 2.75) is 32.7 Å². The van der Waals surface area contributed by atoms with E-state index < -0.39 is 0 Å². The van der Waals surface area contributed by atoms with Crippen LogP contribution in [0.2, 0.25) is 0 Å². The molecule has 0 fully saturated rings. The van der Waals surface area contributed by atoms with Crippen molar-refractivity contribution >= 4 is 5.91 Å². The van der Waals surface area contributed by atoms with Crippen molar-refractivity contribution in [3.05, 3.63) is 71.5 Å². The largest absolute Gasteiger partial charge is 0.349 e. The van der Waals surface area contributed by atoms with E-state index in [1.54, 1.807) is 18.2 Å². The molecule has 0 saturated carbocycles. The van der Waals surface area contributed by atoms with Crippen LogP contribution in [0.3, 0.4) is 0 Å². The molecular weight excluding hydrogens is 277 g/mol. The molecule has 0 aliphatic heterocycles. The Morgan fingerprint density at radius 2 is 1.68 bits per heavy atom. The molecule has 2 rings (SSSR count). The summed E-state index contributed by atoms with van der Waals surface area (Å²) >= 11 is 0. The molecular formula is C19H22FNO. The second kappa shape index (κ2) is 7.74. The molecule has 0 spiro atoms. The van der Waals surface area contributed by atoms with Crippen LogP contribution >= 0.6 is 0 Å². The summed E-state index contributed by atoms with van der Waals surface area (Å²) in [4.78, 5) is 12.3. The third kappa shape index (κ3) is 4.69. The molecule has 0 bridgehead atoms. The number of rotatable bonds is 6. The average molecular weight is 299 g/mol. The Hall–Kier alpha value is -2.16. The van der Waals surface area contributed by atoms with E-state index in [1.807, 2.05) is 30.3 Å². The summed E-state index contributed by atoms with van der Waals surface area (Å²) in [6, 6.07) is 16.3. The van der Waals surface area contributed by atoms with Crippen molar-refractivity contribution in [3.8, 4) is 0 Å². The van der Waals surface area contributed by atoms with Crippen LogP contribution in [0, 0.1) is 11.7 Å². The number of hydrogen-bond acceptors (Lipinski definition) is 1. The Morgan fingerprint density at radius 1 is 1.05 bits per heavy atom. The first-order chi connectivity index (χ1) is 10.6. The van der Waals surface area contributed by atoms with Crippen LogP contribution in [-0.4, -0.2) is 5.91 Å². The molecule has 116 valence electrons. The Kier molecular flexibility index (Phi) is 5.70. The van der Waals surface area contributed by atoms with Gasteiger partial charge in [0, 0.05) is 0 Å². The minimum absolute atomic E-state index is 0.0412. The highest BCUT2D eigenvalue weighted by Gasteiger charge is 2.17. The molecule has 1 amide bonds. The lowest BCUT2D eigenvalue weighted by atomic mass is 9.96. The summed E-state index contributed by atoms with van der Waals surface area (Å²) in [6.07, 6.45) is 0.918. The molecule has 0 unspecified atom stereocenters. The molecule has 0 saturated heterocycles. The lowest BCUT2D eigenvalue weighted by Crippen LogP contribution is -2.31. The maximum atomic E-state index is 13.6. The van der Waals surface area contributed by atoms with Gasteiger partial charge in [-0.3, -0.25) is 4.79 Å². The van der Waals surface area contributed by atoms with E-state index in [-0.39, 0.29) is 24.2 Å². The number of hydrogen-bond donors (Lipinski definition) is 1. The first-order valence-electron chi connectivity index (χ1n) is 7.64. The third-order valence-corrected chi connectivity index (χ3v) is 3.55. The van der Waals surface area contributed by atoms with Gasteiger partial charge in [-0.05, 0) is 29.5 Å². The van der Waals surface area contributed by atoms with E-state index in [1.165, 1.54) is 6.07 Å². The fourth-order valence-corrected chi connectivity index (χ4v) is 2.50. The Morgan fingerprint density at radius 3 is 2.32 bits per heavy atom. The zero-order chi connectivity index (χ0) is 15.9. The first-order valence-corrected chi connectivity index (χ1v) is 7.64. The van der Waals surface area contributed by atoms with Gasteiger partial charge in [0.2, 0.25) is 5.91 Å². The van der Waals surface area contributed by atoms with Crippen LogP contribution < -0.4 is 5.32 Å². The minimum atomic E-state index is -0.335. The molecule has 3 heteroatoms. The highest BCUT2D eigenvalue weighted by atomic mass is 19.1. The van der Waals surface area contributed by atoms with Gasteiger partial charge in [0.25, 0.3) is 0 Å². The maximum absolute atomic E-state index is 13.6. The van der Waals surface area contributed by atoms with Crippen molar-refractivity contribution in [3.63, 3.8) is 0 Å². The number of carbonyl (C=O) groups is 1. The number of amides is 1. The average Bonchev–Trinajstić information content (AvgIpc) is 2.49. The van der Waals surface area contributed by atoms with E-state index in [4.69, 9.17) is 0 Å². The van der Waals surface area contributed by atoms with Crippen LogP contribution in [0.1, 0.15) is 37.4 Å². The summed E-state index contributed by atoms with van der Waals surface area (Å²) < 4.78 is 13.6. The van der Waals surface area contributed by atoms with Crippen LogP contribution in [-0.2, 0) is 11.2 Å². The van der Waals surface area contributed by atoms with Crippen LogP contribution in [0.4, 0.5) is 4.39 Å². The normalized spacial score (nSPS) is 12.2. The molecule has 0 aromatic heterocycles. The van der Waals surface area contributed by atoms with Gasteiger partial charge in [0.05, 0.1) is 12.5 Å². The van der Waals surface area contributed by atoms with Gasteiger partial charge >= 0.3 is 0 Å². The highest BCUT2D eigenvalue weighted by Crippen LogP contribution is 2.21. The molecule has 2 aromatic carbocycles. The molecule has 22 heavy (non-hydrogen) atoms. The highest BCUT2D eigenvalue weighted by molar-refractivity contribution is 5.79. The van der Waals surface area contributed by atoms with Gasteiger partial charge in [-0.15, -0.1) is 0 Å². The number of benzene rings is 2. The summed E-state index contributed by atoms with van der Waals surface area (Å²) in [5.41, 5.74) is 1.51. The smallest absolute Gasteiger partial charge is 0.225 e. The predicted octanol–water partition coefficient (Wildman–Crippen LogP) is 4.27. The monoisotopic (exact) mass is 299 g/mol. The number of halogens is 1. The third-order valence-electron chi connectivity index (χ3n) is 3.55. The first kappa shape index (κ1) is 16.2. The van der Waals surface area contributed by atoms with Gasteiger partial charge in [-0.2, -0.15) is 0 Å². The Labute approximate surface area is 131 Å². The molecule has 1 N–H and O–H groups in total. The van der Waals surface area contributed by atoms with Crippen molar-refractivity contribution in [1.82, 2.24) is 5.32 Å². The van der Waals surface area contributed by atoms with Gasteiger partial charge in [-0.25, -0.2) is 4.39 Å². The van der Waals surface area contributed by atoms with Crippen molar-refractivity contribution < 1.29 is 9.18 Å². The molecule has 2 nitrogen and oxygen atoms in total. The maximum Gasteiger partial charge on any atom is 0.225 e. The van der Waals surface area contributed by atoms with E-state index in [0.717, 1.165) is 12.0 Å². The van der Waals surface area contributed by atoms with Crippen LogP contribution in [0.15, 0.2) is 54.6 Å². The number of nitrogens with one attached hydrogen (secondary N) is 1. The van der Waals surface area contributed by atoms with Crippen LogP contribution in [0.25, 0.3) is 0 Å². The minimum Gasteiger partial charge on any atom is -0.349 e. The Balaban J connectivity index is 2.07. The molecule has 0 heterocycles. The second-order valence-electron chi connectivity index (χ2n) is 5.93. The van der Waals surface area contributed by atoms with E-state index in [2.05, 4.69) is 19.2 Å². The number of carbonyl (C=O) groups excluding carboxylic acids is 1. The Bertz CT molecular complexity index is 610. The quantitative estimate of drug-likeness (QED) is 0.848. The lowest BCUT2D eigenvalue weighted by Gasteiger charge is -2.21. The summed E-state index contributed by atoms with van der Waals surface area (Å²) in [5, 5.41) is 3.03. The SMILES string of the molecule is CC(C)C[C@H](NC(=O)Cc1ccccc1F)c1ccccc1. The van der Waals surface area contributed by atoms with E-state index in [9.17, 15) is 9.18 Å². The second-order valence-corrected chi connectivity index (χ2v) is 5.93. The summed E-state index contributed by atoms with van der Waals surface area (Å²) in [7, 11) is 0. The lowest BCUT2D eigenvalue weighted by molar-refractivity contribution is -0.121. The molecule has 0 aliphatic rings. The van der Waals surface area contributed by atoms with Gasteiger partial charge in [-0.1, -0.05) is 62.4 Å². The zero-order valence-electron chi connectivity index (χ0n) is 13.1. The van der Waals surface area contributed by atoms with Gasteiger partial charge < -0.3 is 5.32 Å². The van der Waals surface area contributed by atoms with E-state index in [0.29, 0.717) is 11.5 Å². The van der Waals surface area contributed by atoms with Gasteiger partial charge in [0.15, 0.2) is 0 Å². The van der Waals surface area contributed by atoms with Crippen molar-refractivity contribution in [2.75, 3.05) is 0 Å². The molecule has 2 aromatic rings. The summed E-state index contributed by atoms with van der Waals surface area (Å²) in [5.74, 6) is -0.0312. The topological polar surface area (TPSA) is 29.1 Å². The van der Waals surface area contributed by atoms with Crippen molar-refractivity contribution in [1.29, 1.82) is 0 Å². The summed E-state index contributed by atoms with van der Waals surface area (Å²) in [6.45, 7) is 4.25. The molecule has 1 atom stereocenters. The van der Waals surface area contributed by atoms with Crippen LogP contribution in [0.5, 0.6) is 0 Å². The van der Waals surface area contributed by atoms with Gasteiger partial charge in [0.1, 0.15) is 5.82 Å². The molecule has 0 aliphatic carbocycles. The fourth-order valence-electron chi connectivity index (χ4n) is 2.50. The fraction of sp³-hybridized carbons (Fsp3) is 0.316. The van der Waals surface area contributed by atoms with E-state index >= 15 is 0 Å². The molecule has 0 radical (unpaired) electrons.